The van der Waals surface area contributed by atoms with Crippen LogP contribution in [0.2, 0.25) is 10.3 Å². The Morgan fingerprint density at radius 2 is 1.96 bits per heavy atom. The number of ether oxygens (including phenoxy) is 1. The first-order valence-electron chi connectivity index (χ1n) is 7.01. The number of hydrogen-bond acceptors (Lipinski definition) is 4. The highest BCUT2D eigenvalue weighted by atomic mass is 35.5. The lowest BCUT2D eigenvalue weighted by Crippen LogP contribution is -2.07. The Morgan fingerprint density at radius 3 is 2.61 bits per heavy atom. The van der Waals surface area contributed by atoms with Gasteiger partial charge in [0.2, 0.25) is 0 Å². The van der Waals surface area contributed by atoms with Gasteiger partial charge in [-0.25, -0.2) is 14.3 Å². The van der Waals surface area contributed by atoms with Crippen molar-refractivity contribution >= 4 is 34.8 Å². The fourth-order valence-corrected chi connectivity index (χ4v) is 3.02. The van der Waals surface area contributed by atoms with Crippen molar-refractivity contribution in [1.29, 1.82) is 0 Å². The normalized spacial score (nSPS) is 11.0. The molecule has 0 amide bonds. The third kappa shape index (κ3) is 2.66. The number of esters is 1. The van der Waals surface area contributed by atoms with Crippen LogP contribution in [0.15, 0.2) is 30.3 Å². The van der Waals surface area contributed by atoms with Crippen molar-refractivity contribution < 1.29 is 9.53 Å². The SMILES string of the molecule is CCOC(=O)c1c(C)nn2c(Cl)c(-c3ccccc3)c(Cl)nc12. The standard InChI is InChI=1S/C16H13Cl2N3O2/c1-3-23-16(22)11-9(2)20-21-14(18)12(13(17)19-15(11)21)10-7-5-4-6-8-10/h4-8H,3H2,1-2H3. The molecular weight excluding hydrogens is 337 g/mol. The van der Waals surface area contributed by atoms with E-state index in [9.17, 15) is 4.79 Å². The molecule has 3 aromatic rings. The molecule has 3 rings (SSSR count). The van der Waals surface area contributed by atoms with Crippen molar-refractivity contribution in [2.24, 2.45) is 0 Å². The summed E-state index contributed by atoms with van der Waals surface area (Å²) >= 11 is 12.8. The highest BCUT2D eigenvalue weighted by molar-refractivity contribution is 6.38. The van der Waals surface area contributed by atoms with Gasteiger partial charge in [0.05, 0.1) is 17.9 Å². The van der Waals surface area contributed by atoms with E-state index in [1.807, 2.05) is 30.3 Å². The van der Waals surface area contributed by atoms with Crippen LogP contribution in [0.25, 0.3) is 16.8 Å². The Bertz CT molecular complexity index is 891. The Labute approximate surface area is 142 Å². The molecule has 5 nitrogen and oxygen atoms in total. The summed E-state index contributed by atoms with van der Waals surface area (Å²) in [6.07, 6.45) is 0. The van der Waals surface area contributed by atoms with Gasteiger partial charge >= 0.3 is 5.97 Å². The molecule has 0 aliphatic heterocycles. The van der Waals surface area contributed by atoms with Crippen molar-refractivity contribution in [3.8, 4) is 11.1 Å². The zero-order valence-electron chi connectivity index (χ0n) is 12.5. The minimum Gasteiger partial charge on any atom is -0.462 e. The van der Waals surface area contributed by atoms with Crippen LogP contribution in [0.3, 0.4) is 0 Å². The van der Waals surface area contributed by atoms with E-state index in [-0.39, 0.29) is 23.0 Å². The maximum Gasteiger partial charge on any atom is 0.343 e. The summed E-state index contributed by atoms with van der Waals surface area (Å²) in [4.78, 5) is 16.4. The van der Waals surface area contributed by atoms with Gasteiger partial charge in [0.1, 0.15) is 15.9 Å². The van der Waals surface area contributed by atoms with Crippen molar-refractivity contribution in [2.75, 3.05) is 6.61 Å². The first kappa shape index (κ1) is 15.8. The largest absolute Gasteiger partial charge is 0.462 e. The van der Waals surface area contributed by atoms with Crippen molar-refractivity contribution in [1.82, 2.24) is 14.6 Å². The Hall–Kier alpha value is -2.11. The Kier molecular flexibility index (Phi) is 4.24. The highest BCUT2D eigenvalue weighted by Gasteiger charge is 2.24. The quantitative estimate of drug-likeness (QED) is 0.525. The molecule has 0 N–H and O–H groups in total. The predicted octanol–water partition coefficient (Wildman–Crippen LogP) is 4.19. The van der Waals surface area contributed by atoms with E-state index in [4.69, 9.17) is 27.9 Å². The lowest BCUT2D eigenvalue weighted by atomic mass is 10.1. The average molecular weight is 350 g/mol. The van der Waals surface area contributed by atoms with Gasteiger partial charge in [-0.15, -0.1) is 0 Å². The summed E-state index contributed by atoms with van der Waals surface area (Å²) < 4.78 is 6.47. The third-order valence-corrected chi connectivity index (χ3v) is 4.00. The molecule has 0 radical (unpaired) electrons. The summed E-state index contributed by atoms with van der Waals surface area (Å²) in [7, 11) is 0. The van der Waals surface area contributed by atoms with Gasteiger partial charge in [-0.2, -0.15) is 5.10 Å². The van der Waals surface area contributed by atoms with E-state index in [1.54, 1.807) is 13.8 Å². The van der Waals surface area contributed by atoms with Crippen LogP contribution in [0.4, 0.5) is 0 Å². The number of nitrogens with zero attached hydrogens (tertiary/aromatic N) is 3. The first-order chi connectivity index (χ1) is 11.0. The molecule has 0 aliphatic rings. The minimum atomic E-state index is -0.493. The fraction of sp³-hybridized carbons (Fsp3) is 0.188. The lowest BCUT2D eigenvalue weighted by molar-refractivity contribution is 0.0527. The van der Waals surface area contributed by atoms with Crippen LogP contribution in [0.1, 0.15) is 23.0 Å². The van der Waals surface area contributed by atoms with Gasteiger partial charge in [-0.3, -0.25) is 0 Å². The van der Waals surface area contributed by atoms with E-state index in [0.717, 1.165) is 5.56 Å². The van der Waals surface area contributed by atoms with E-state index in [2.05, 4.69) is 10.1 Å². The number of fused-ring (bicyclic) bond motifs is 1. The molecule has 0 spiro atoms. The monoisotopic (exact) mass is 349 g/mol. The van der Waals surface area contributed by atoms with Crippen molar-refractivity contribution in [2.45, 2.75) is 13.8 Å². The Balaban J connectivity index is 2.28. The summed E-state index contributed by atoms with van der Waals surface area (Å²) in [5.74, 6) is -0.493. The molecule has 2 aromatic heterocycles. The molecule has 0 atom stereocenters. The highest BCUT2D eigenvalue weighted by Crippen LogP contribution is 2.35. The summed E-state index contributed by atoms with van der Waals surface area (Å²) in [6, 6.07) is 9.41. The van der Waals surface area contributed by atoms with Gasteiger partial charge in [0.15, 0.2) is 5.65 Å². The molecule has 0 unspecified atom stereocenters. The zero-order valence-corrected chi connectivity index (χ0v) is 14.0. The first-order valence-corrected chi connectivity index (χ1v) is 7.77. The van der Waals surface area contributed by atoms with Crippen LogP contribution < -0.4 is 0 Å². The average Bonchev–Trinajstić information content (AvgIpc) is 2.85. The number of benzene rings is 1. The van der Waals surface area contributed by atoms with Gasteiger partial charge in [0.25, 0.3) is 0 Å². The molecule has 0 fully saturated rings. The minimum absolute atomic E-state index is 0.208. The van der Waals surface area contributed by atoms with Crippen molar-refractivity contribution in [3.63, 3.8) is 0 Å². The van der Waals surface area contributed by atoms with Crippen LogP contribution >= 0.6 is 23.2 Å². The van der Waals surface area contributed by atoms with Gasteiger partial charge in [-0.1, -0.05) is 53.5 Å². The van der Waals surface area contributed by atoms with Crippen LogP contribution in [0.5, 0.6) is 0 Å². The second-order valence-electron chi connectivity index (χ2n) is 4.85. The molecule has 118 valence electrons. The molecule has 23 heavy (non-hydrogen) atoms. The number of rotatable bonds is 3. The topological polar surface area (TPSA) is 56.5 Å². The van der Waals surface area contributed by atoms with E-state index >= 15 is 0 Å². The molecule has 0 bridgehead atoms. The van der Waals surface area contributed by atoms with E-state index in [0.29, 0.717) is 16.4 Å². The number of aromatic nitrogens is 3. The van der Waals surface area contributed by atoms with Gasteiger partial charge < -0.3 is 4.74 Å². The predicted molar refractivity (Wildman–Crippen MR) is 89.1 cm³/mol. The summed E-state index contributed by atoms with van der Waals surface area (Å²) in [5, 5.41) is 4.81. The smallest absolute Gasteiger partial charge is 0.343 e. The number of halogens is 2. The molecule has 0 saturated heterocycles. The molecule has 2 heterocycles. The lowest BCUT2D eigenvalue weighted by Gasteiger charge is -2.08. The van der Waals surface area contributed by atoms with Gasteiger partial charge in [-0.05, 0) is 19.4 Å². The third-order valence-electron chi connectivity index (χ3n) is 3.38. The molecular formula is C16H13Cl2N3O2. The number of aryl methyl sites for hydroxylation is 1. The number of hydrogen-bond donors (Lipinski definition) is 0. The van der Waals surface area contributed by atoms with E-state index < -0.39 is 5.97 Å². The van der Waals surface area contributed by atoms with Crippen LogP contribution in [-0.2, 0) is 4.74 Å². The maximum absolute atomic E-state index is 12.1. The molecule has 1 aromatic carbocycles. The number of carbonyl (C=O) groups is 1. The summed E-state index contributed by atoms with van der Waals surface area (Å²) in [5.41, 5.74) is 2.44. The molecule has 0 aliphatic carbocycles. The molecule has 0 saturated carbocycles. The summed E-state index contributed by atoms with van der Waals surface area (Å²) in [6.45, 7) is 3.70. The fourth-order valence-electron chi connectivity index (χ4n) is 2.38. The van der Waals surface area contributed by atoms with E-state index in [1.165, 1.54) is 4.52 Å². The van der Waals surface area contributed by atoms with Crippen LogP contribution in [-0.4, -0.2) is 27.2 Å². The zero-order chi connectivity index (χ0) is 16.6. The maximum atomic E-state index is 12.1. The second-order valence-corrected chi connectivity index (χ2v) is 5.57. The Morgan fingerprint density at radius 1 is 1.26 bits per heavy atom. The van der Waals surface area contributed by atoms with Crippen molar-refractivity contribution in [3.05, 3.63) is 51.9 Å². The molecule has 7 heteroatoms. The van der Waals surface area contributed by atoms with Crippen LogP contribution in [0, 0.1) is 6.92 Å². The number of carbonyl (C=O) groups excluding carboxylic acids is 1. The second kappa shape index (κ2) is 6.18. The van der Waals surface area contributed by atoms with Gasteiger partial charge in [0, 0.05) is 0 Å².